The highest BCUT2D eigenvalue weighted by atomic mass is 16.7. The van der Waals surface area contributed by atoms with Crippen LogP contribution in [0.5, 0.6) is 0 Å². The van der Waals surface area contributed by atoms with Crippen LogP contribution in [-0.4, -0.2) is 65.8 Å². The van der Waals surface area contributed by atoms with E-state index in [1.807, 2.05) is 58.0 Å². The van der Waals surface area contributed by atoms with Crippen molar-refractivity contribution in [3.05, 3.63) is 60.2 Å². The minimum Gasteiger partial charge on any atom is -0.402 e. The van der Waals surface area contributed by atoms with Crippen LogP contribution in [0, 0.1) is 0 Å². The Morgan fingerprint density at radius 2 is 1.74 bits per heavy atom. The van der Waals surface area contributed by atoms with E-state index in [0.29, 0.717) is 6.42 Å². The molecule has 1 aliphatic rings. The summed E-state index contributed by atoms with van der Waals surface area (Å²) in [5.74, 6) is -1.35. The Labute approximate surface area is 201 Å². The molecule has 2 aromatic rings. The maximum atomic E-state index is 13.2. The van der Waals surface area contributed by atoms with Gasteiger partial charge in [0.05, 0.1) is 29.9 Å². The molecule has 2 N–H and O–H groups in total. The number of hydrogen-bond donors (Lipinski definition) is 2. The van der Waals surface area contributed by atoms with Gasteiger partial charge in [0.1, 0.15) is 11.7 Å². The first kappa shape index (κ1) is 25.8. The lowest BCUT2D eigenvalue weighted by molar-refractivity contribution is -0.124. The lowest BCUT2D eigenvalue weighted by Gasteiger charge is -2.32. The van der Waals surface area contributed by atoms with Gasteiger partial charge in [-0.3, -0.25) is 14.6 Å². The Bertz CT molecular complexity index is 942. The number of nitrogens with zero attached hydrogens (tertiary/aromatic N) is 2. The highest BCUT2D eigenvalue weighted by Crippen LogP contribution is 2.38. The van der Waals surface area contributed by atoms with Gasteiger partial charge in [-0.1, -0.05) is 30.3 Å². The number of methoxy groups -OCH3 is 1. The van der Waals surface area contributed by atoms with E-state index in [2.05, 4.69) is 20.6 Å². The molecule has 0 spiro atoms. The van der Waals surface area contributed by atoms with Crippen LogP contribution in [0.4, 0.5) is 0 Å². The van der Waals surface area contributed by atoms with Crippen LogP contribution in [-0.2, 0) is 25.3 Å². The molecule has 2 amide bonds. The second-order valence-corrected chi connectivity index (χ2v) is 9.34. The molecule has 2 heterocycles. The van der Waals surface area contributed by atoms with Crippen molar-refractivity contribution in [3.8, 4) is 0 Å². The number of amides is 2. The molecule has 2 unspecified atom stereocenters. The van der Waals surface area contributed by atoms with Crippen LogP contribution in [0.25, 0.3) is 0 Å². The molecule has 34 heavy (non-hydrogen) atoms. The minimum atomic E-state index is -0.929. The van der Waals surface area contributed by atoms with Crippen molar-refractivity contribution in [1.29, 1.82) is 0 Å². The number of hydrogen-bond acceptors (Lipinski definition) is 7. The van der Waals surface area contributed by atoms with Crippen LogP contribution < -0.4 is 10.6 Å². The van der Waals surface area contributed by atoms with Crippen molar-refractivity contribution >= 4 is 18.9 Å². The topological polar surface area (TPSA) is 112 Å². The molecule has 0 radical (unpaired) electrons. The first-order chi connectivity index (χ1) is 16.1. The van der Waals surface area contributed by atoms with Crippen LogP contribution >= 0.6 is 0 Å². The Morgan fingerprint density at radius 3 is 2.32 bits per heavy atom. The molecular weight excluding hydrogens is 435 g/mol. The van der Waals surface area contributed by atoms with Gasteiger partial charge < -0.3 is 24.7 Å². The molecular formula is C24H33BN4O5. The Hall–Kier alpha value is -2.82. The van der Waals surface area contributed by atoms with Crippen LogP contribution in [0.3, 0.4) is 0 Å². The van der Waals surface area contributed by atoms with E-state index in [4.69, 9.17) is 14.0 Å². The van der Waals surface area contributed by atoms with E-state index in [9.17, 15) is 9.59 Å². The lowest BCUT2D eigenvalue weighted by Crippen LogP contribution is -2.56. The van der Waals surface area contributed by atoms with Gasteiger partial charge >= 0.3 is 7.12 Å². The maximum Gasteiger partial charge on any atom is 0.481 e. The van der Waals surface area contributed by atoms with E-state index in [-0.39, 0.29) is 12.3 Å². The summed E-state index contributed by atoms with van der Waals surface area (Å²) in [7, 11) is 0.826. The van der Waals surface area contributed by atoms with Crippen molar-refractivity contribution in [1.82, 2.24) is 20.6 Å². The number of ether oxygens (including phenoxy) is 1. The molecule has 3 rings (SSSR count). The summed E-state index contributed by atoms with van der Waals surface area (Å²) in [6.45, 7) is 7.87. The van der Waals surface area contributed by atoms with Crippen molar-refractivity contribution in [2.75, 3.05) is 13.7 Å². The fourth-order valence-corrected chi connectivity index (χ4v) is 3.58. The normalized spacial score (nSPS) is 18.2. The predicted octanol–water partition coefficient (Wildman–Crippen LogP) is 1.97. The molecule has 1 aromatic carbocycles. The third kappa shape index (κ3) is 6.40. The van der Waals surface area contributed by atoms with Gasteiger partial charge in [-0.2, -0.15) is 0 Å². The summed E-state index contributed by atoms with van der Waals surface area (Å²) >= 11 is 0. The zero-order valence-corrected chi connectivity index (χ0v) is 20.4. The van der Waals surface area contributed by atoms with Gasteiger partial charge in [0.25, 0.3) is 5.91 Å². The molecule has 1 fully saturated rings. The fourth-order valence-electron chi connectivity index (χ4n) is 3.58. The van der Waals surface area contributed by atoms with Crippen LogP contribution in [0.1, 0.15) is 50.2 Å². The zero-order chi connectivity index (χ0) is 24.8. The van der Waals surface area contributed by atoms with E-state index in [0.717, 1.165) is 12.0 Å². The molecule has 0 saturated carbocycles. The van der Waals surface area contributed by atoms with Gasteiger partial charge in [0, 0.05) is 19.5 Å². The summed E-state index contributed by atoms with van der Waals surface area (Å²) in [5, 5.41) is 5.70. The Kier molecular flexibility index (Phi) is 8.40. The Balaban J connectivity index is 1.74. The zero-order valence-electron chi connectivity index (χ0n) is 20.4. The molecule has 10 heteroatoms. The summed E-state index contributed by atoms with van der Waals surface area (Å²) in [5.41, 5.74) is 0.171. The number of carbonyl (C=O) groups excluding carboxylic acids is 2. The molecule has 1 aliphatic heterocycles. The molecule has 182 valence electrons. The fraction of sp³-hybridized carbons (Fsp3) is 0.500. The van der Waals surface area contributed by atoms with E-state index in [1.165, 1.54) is 25.7 Å². The molecule has 0 bridgehead atoms. The monoisotopic (exact) mass is 468 g/mol. The highest BCUT2D eigenvalue weighted by molar-refractivity contribution is 6.48. The molecule has 1 saturated heterocycles. The van der Waals surface area contributed by atoms with Crippen molar-refractivity contribution in [2.45, 2.75) is 63.7 Å². The largest absolute Gasteiger partial charge is 0.481 e. The second kappa shape index (κ2) is 11.1. The van der Waals surface area contributed by atoms with E-state index in [1.54, 1.807) is 0 Å². The predicted molar refractivity (Wildman–Crippen MR) is 128 cm³/mol. The van der Waals surface area contributed by atoms with Crippen molar-refractivity contribution < 1.29 is 23.6 Å². The molecule has 9 nitrogen and oxygen atoms in total. The number of benzene rings is 1. The number of aromatic nitrogens is 2. The lowest BCUT2D eigenvalue weighted by atomic mass is 9.75. The van der Waals surface area contributed by atoms with Gasteiger partial charge in [-0.15, -0.1) is 0 Å². The molecule has 1 aromatic heterocycles. The first-order valence-electron chi connectivity index (χ1n) is 11.4. The van der Waals surface area contributed by atoms with E-state index >= 15 is 0 Å². The van der Waals surface area contributed by atoms with Crippen LogP contribution in [0.15, 0.2) is 48.9 Å². The summed E-state index contributed by atoms with van der Waals surface area (Å²) in [4.78, 5) is 33.7. The second-order valence-electron chi connectivity index (χ2n) is 9.34. The smallest absolute Gasteiger partial charge is 0.402 e. The standard InChI is InChI=1S/C24H33BN4O5/c1-23(2)24(3,4)34-25(33-23)20(12-11-17-9-7-6-8-10-17)29-22(31)19(16-32-5)28-21(30)18-15-26-13-14-27-18/h6-10,13-15,19-20H,11-12,16H2,1-5H3,(H,28,30)(H,29,31). The van der Waals surface area contributed by atoms with Gasteiger partial charge in [-0.05, 0) is 46.1 Å². The number of rotatable bonds is 10. The minimum absolute atomic E-state index is 0.00733. The molecule has 0 aliphatic carbocycles. The summed E-state index contributed by atoms with van der Waals surface area (Å²) in [6, 6.07) is 9.08. The van der Waals surface area contributed by atoms with Gasteiger partial charge in [0.15, 0.2) is 0 Å². The quantitative estimate of drug-likeness (QED) is 0.513. The number of carbonyl (C=O) groups is 2. The third-order valence-electron chi connectivity index (χ3n) is 6.27. The highest BCUT2D eigenvalue weighted by Gasteiger charge is 2.54. The summed E-state index contributed by atoms with van der Waals surface area (Å²) in [6.07, 6.45) is 5.53. The third-order valence-corrected chi connectivity index (χ3v) is 6.27. The summed E-state index contributed by atoms with van der Waals surface area (Å²) < 4.78 is 17.7. The Morgan fingerprint density at radius 1 is 1.06 bits per heavy atom. The van der Waals surface area contributed by atoms with Crippen molar-refractivity contribution in [2.24, 2.45) is 0 Å². The maximum absolute atomic E-state index is 13.2. The number of aryl methyl sites for hydroxylation is 1. The average molecular weight is 468 g/mol. The van der Waals surface area contributed by atoms with Gasteiger partial charge in [-0.25, -0.2) is 4.98 Å². The average Bonchev–Trinajstić information content (AvgIpc) is 3.04. The van der Waals surface area contributed by atoms with Crippen molar-refractivity contribution in [3.63, 3.8) is 0 Å². The van der Waals surface area contributed by atoms with Crippen LogP contribution in [0.2, 0.25) is 0 Å². The molecule has 2 atom stereocenters. The first-order valence-corrected chi connectivity index (χ1v) is 11.4. The number of nitrogens with one attached hydrogen (secondary N) is 2. The van der Waals surface area contributed by atoms with E-state index < -0.39 is 42.1 Å². The SMILES string of the molecule is COCC(NC(=O)c1cnccn1)C(=O)NC(CCc1ccccc1)B1OC(C)(C)C(C)(C)O1. The van der Waals surface area contributed by atoms with Gasteiger partial charge in [0.2, 0.25) is 5.91 Å².